The molecule has 0 unspecified atom stereocenters. The van der Waals surface area contributed by atoms with Crippen molar-refractivity contribution >= 4 is 90.2 Å². The van der Waals surface area contributed by atoms with Gasteiger partial charge in [0.2, 0.25) is 0 Å². The van der Waals surface area contributed by atoms with E-state index in [1.165, 1.54) is 0 Å². The molecule has 0 bridgehead atoms. The molecule has 0 saturated heterocycles. The second kappa shape index (κ2) is 10.9. The number of nitrogens with one attached hydrogen (secondary N) is 1. The van der Waals surface area contributed by atoms with E-state index in [9.17, 15) is 9.59 Å². The molecule has 0 aliphatic heterocycles. The monoisotopic (exact) mass is 744 g/mol. The summed E-state index contributed by atoms with van der Waals surface area (Å²) in [6, 6.07) is 17.5. The number of fused-ring (bicyclic) bond motifs is 1. The Hall–Kier alpha value is -2.45. The minimum atomic E-state index is -0.962. The van der Waals surface area contributed by atoms with Crippen LogP contribution in [0, 0.1) is 7.14 Å². The van der Waals surface area contributed by atoms with E-state index in [1.54, 1.807) is 42.6 Å². The second-order valence-electron chi connectivity index (χ2n) is 7.10. The summed E-state index contributed by atoms with van der Waals surface area (Å²) in [5, 5.41) is 13.9. The summed E-state index contributed by atoms with van der Waals surface area (Å²) in [5.41, 5.74) is 4.99. The van der Waals surface area contributed by atoms with Gasteiger partial charge >= 0.3 is 11.9 Å². The minimum absolute atomic E-state index is 0.176. The molecule has 0 saturated carbocycles. The number of hydrogen-bond acceptors (Lipinski definition) is 5. The lowest BCUT2D eigenvalue weighted by Gasteiger charge is -2.11. The Kier molecular flexibility index (Phi) is 7.88. The summed E-state index contributed by atoms with van der Waals surface area (Å²) in [6.45, 7) is 0.309. The van der Waals surface area contributed by atoms with Crippen molar-refractivity contribution in [2.24, 2.45) is 5.10 Å². The van der Waals surface area contributed by atoms with Gasteiger partial charge in [0.15, 0.2) is 5.76 Å². The number of furan rings is 1. The highest BCUT2D eigenvalue weighted by molar-refractivity contribution is 14.1. The first kappa shape index (κ1) is 24.7. The van der Waals surface area contributed by atoms with Gasteiger partial charge < -0.3 is 14.3 Å². The molecular formula is C24H15BrI2N2O5. The molecule has 0 radical (unpaired) electrons. The Balaban J connectivity index is 1.39. The lowest BCUT2D eigenvalue weighted by molar-refractivity contribution is 0.0696. The van der Waals surface area contributed by atoms with Crippen LogP contribution in [0.1, 0.15) is 32.0 Å². The van der Waals surface area contributed by atoms with Crippen LogP contribution in [0.4, 0.5) is 0 Å². The highest BCUT2D eigenvalue weighted by Gasteiger charge is 2.12. The number of hydrogen-bond donors (Lipinski definition) is 2. The quantitative estimate of drug-likeness (QED) is 0.129. The van der Waals surface area contributed by atoms with Gasteiger partial charge in [-0.15, -0.1) is 0 Å². The van der Waals surface area contributed by atoms with Gasteiger partial charge in [-0.3, -0.25) is 4.79 Å². The molecular weight excluding hydrogens is 730 g/mol. The molecule has 3 aromatic carbocycles. The summed E-state index contributed by atoms with van der Waals surface area (Å²) < 4.78 is 14.2. The van der Waals surface area contributed by atoms with Crippen LogP contribution in [0.3, 0.4) is 0 Å². The number of ether oxygens (including phenoxy) is 1. The summed E-state index contributed by atoms with van der Waals surface area (Å²) in [6.07, 6.45) is 1.55. The number of carbonyl (C=O) groups is 2. The van der Waals surface area contributed by atoms with Crippen molar-refractivity contribution in [3.8, 4) is 5.75 Å². The van der Waals surface area contributed by atoms with Crippen molar-refractivity contribution in [3.05, 3.63) is 94.7 Å². The third kappa shape index (κ3) is 5.96. The van der Waals surface area contributed by atoms with E-state index in [2.05, 4.69) is 71.6 Å². The number of rotatable bonds is 7. The maximum absolute atomic E-state index is 12.4. The predicted molar refractivity (Wildman–Crippen MR) is 149 cm³/mol. The first-order chi connectivity index (χ1) is 16.3. The Bertz CT molecular complexity index is 1390. The SMILES string of the molecule is O=C(O)c1ccc(COc2c(I)cc(/C=N/NC(=O)c3cc4cc(Br)ccc4o3)cc2I)cc1. The molecule has 7 nitrogen and oxygen atoms in total. The van der Waals surface area contributed by atoms with Crippen LogP contribution in [0.25, 0.3) is 11.0 Å². The third-order valence-electron chi connectivity index (χ3n) is 4.69. The number of nitrogens with zero attached hydrogens (tertiary/aromatic N) is 1. The van der Waals surface area contributed by atoms with Crippen LogP contribution in [0.2, 0.25) is 0 Å². The Labute approximate surface area is 230 Å². The lowest BCUT2D eigenvalue weighted by Crippen LogP contribution is -2.16. The summed E-state index contributed by atoms with van der Waals surface area (Å²) in [4.78, 5) is 23.3. The molecule has 4 aromatic rings. The minimum Gasteiger partial charge on any atom is -0.487 e. The molecule has 0 fully saturated rings. The van der Waals surface area contributed by atoms with Crippen LogP contribution >= 0.6 is 61.1 Å². The smallest absolute Gasteiger partial charge is 0.335 e. The van der Waals surface area contributed by atoms with Gasteiger partial charge in [-0.25, -0.2) is 10.2 Å². The van der Waals surface area contributed by atoms with Gasteiger partial charge in [0.05, 0.1) is 18.9 Å². The number of hydrazone groups is 1. The van der Waals surface area contributed by atoms with E-state index in [4.69, 9.17) is 14.3 Å². The molecule has 34 heavy (non-hydrogen) atoms. The molecule has 10 heteroatoms. The van der Waals surface area contributed by atoms with Crippen LogP contribution in [0.5, 0.6) is 5.75 Å². The number of amides is 1. The molecule has 0 spiro atoms. The van der Waals surface area contributed by atoms with Crippen molar-refractivity contribution in [1.82, 2.24) is 5.43 Å². The topological polar surface area (TPSA) is 101 Å². The maximum Gasteiger partial charge on any atom is 0.335 e. The number of carbonyl (C=O) groups excluding carboxylic acids is 1. The highest BCUT2D eigenvalue weighted by Crippen LogP contribution is 2.29. The predicted octanol–water partition coefficient (Wildman–Crippen LogP) is 6.45. The van der Waals surface area contributed by atoms with Gasteiger partial charge in [0.25, 0.3) is 0 Å². The van der Waals surface area contributed by atoms with E-state index in [0.717, 1.165) is 33.9 Å². The van der Waals surface area contributed by atoms with Gasteiger partial charge in [0.1, 0.15) is 17.9 Å². The zero-order valence-electron chi connectivity index (χ0n) is 17.2. The molecule has 172 valence electrons. The fraction of sp³-hybridized carbons (Fsp3) is 0.0417. The molecule has 1 amide bonds. The Morgan fingerprint density at radius 3 is 2.44 bits per heavy atom. The van der Waals surface area contributed by atoms with E-state index >= 15 is 0 Å². The standard InChI is InChI=1S/C24H15BrI2N2O5/c25-17-5-6-20-16(9-17)10-21(34-20)23(30)29-28-11-14-7-18(26)22(19(27)8-14)33-12-13-1-3-15(4-2-13)24(31)32/h1-11H,12H2,(H,29,30)(H,31,32)/b28-11+. The molecule has 4 rings (SSSR count). The molecule has 1 aromatic heterocycles. The lowest BCUT2D eigenvalue weighted by atomic mass is 10.1. The van der Waals surface area contributed by atoms with E-state index < -0.39 is 11.9 Å². The van der Waals surface area contributed by atoms with E-state index in [-0.39, 0.29) is 11.3 Å². The Morgan fingerprint density at radius 2 is 1.76 bits per heavy atom. The van der Waals surface area contributed by atoms with E-state index in [1.807, 2.05) is 24.3 Å². The van der Waals surface area contributed by atoms with Crippen molar-refractivity contribution in [3.63, 3.8) is 0 Å². The average Bonchev–Trinajstić information content (AvgIpc) is 3.22. The Morgan fingerprint density at radius 1 is 1.06 bits per heavy atom. The van der Waals surface area contributed by atoms with Crippen molar-refractivity contribution in [2.75, 3.05) is 0 Å². The fourth-order valence-electron chi connectivity index (χ4n) is 3.04. The van der Waals surface area contributed by atoms with Gasteiger partial charge in [-0.2, -0.15) is 5.10 Å². The zero-order chi connectivity index (χ0) is 24.2. The van der Waals surface area contributed by atoms with Crippen molar-refractivity contribution in [2.45, 2.75) is 6.61 Å². The van der Waals surface area contributed by atoms with Gasteiger partial charge in [-0.05, 0) is 105 Å². The third-order valence-corrected chi connectivity index (χ3v) is 6.78. The molecule has 0 atom stereocenters. The summed E-state index contributed by atoms with van der Waals surface area (Å²) in [5.74, 6) is -0.509. The molecule has 2 N–H and O–H groups in total. The maximum atomic E-state index is 12.4. The van der Waals surface area contributed by atoms with Crippen LogP contribution in [-0.2, 0) is 6.61 Å². The first-order valence-electron chi connectivity index (χ1n) is 9.77. The normalized spacial score (nSPS) is 11.1. The number of benzene rings is 3. The molecule has 1 heterocycles. The largest absolute Gasteiger partial charge is 0.487 e. The second-order valence-corrected chi connectivity index (χ2v) is 10.3. The average molecular weight is 745 g/mol. The van der Waals surface area contributed by atoms with Crippen LogP contribution in [0.15, 0.2) is 74.7 Å². The van der Waals surface area contributed by atoms with Crippen molar-refractivity contribution in [1.29, 1.82) is 0 Å². The highest BCUT2D eigenvalue weighted by atomic mass is 127. The number of carboxylic acid groups (broad SMARTS) is 1. The first-order valence-corrected chi connectivity index (χ1v) is 12.7. The fourth-order valence-corrected chi connectivity index (χ4v) is 5.54. The summed E-state index contributed by atoms with van der Waals surface area (Å²) >= 11 is 7.75. The number of halogens is 3. The van der Waals surface area contributed by atoms with Crippen molar-refractivity contribution < 1.29 is 23.8 Å². The van der Waals surface area contributed by atoms with Crippen LogP contribution in [-0.4, -0.2) is 23.2 Å². The van der Waals surface area contributed by atoms with Gasteiger partial charge in [-0.1, -0.05) is 28.1 Å². The molecule has 0 aliphatic rings. The number of carboxylic acids is 1. The zero-order valence-corrected chi connectivity index (χ0v) is 23.1. The summed E-state index contributed by atoms with van der Waals surface area (Å²) in [7, 11) is 0. The number of aromatic carboxylic acids is 1. The van der Waals surface area contributed by atoms with Crippen LogP contribution < -0.4 is 10.2 Å². The van der Waals surface area contributed by atoms with E-state index in [0.29, 0.717) is 12.2 Å². The van der Waals surface area contributed by atoms with Gasteiger partial charge in [0, 0.05) is 9.86 Å². The molecule has 0 aliphatic carbocycles.